The highest BCUT2D eigenvalue weighted by Gasteiger charge is 2.22. The van der Waals surface area contributed by atoms with Crippen LogP contribution in [-0.2, 0) is 0 Å². The molecule has 0 aliphatic carbocycles. The van der Waals surface area contributed by atoms with E-state index >= 15 is 0 Å². The molecule has 1 aliphatic rings. The minimum Gasteiger partial charge on any atom is -0.371 e. The Labute approximate surface area is 89.9 Å². The molecule has 0 bridgehead atoms. The number of piperidine rings is 1. The van der Waals surface area contributed by atoms with Crippen LogP contribution in [0.3, 0.4) is 0 Å². The molecule has 3 heteroatoms. The lowest BCUT2D eigenvalue weighted by Crippen LogP contribution is -2.45. The van der Waals surface area contributed by atoms with Crippen LogP contribution >= 0.6 is 0 Å². The highest BCUT2D eigenvalue weighted by atomic mass is 19.1. The van der Waals surface area contributed by atoms with Gasteiger partial charge < -0.3 is 10.6 Å². The zero-order valence-corrected chi connectivity index (χ0v) is 8.99. The van der Waals surface area contributed by atoms with Crippen LogP contribution in [0.2, 0.25) is 0 Å². The van der Waals surface area contributed by atoms with Gasteiger partial charge in [0.05, 0.1) is 0 Å². The highest BCUT2D eigenvalue weighted by molar-refractivity contribution is 5.46. The molecule has 0 amide bonds. The Kier molecular flexibility index (Phi) is 2.91. The monoisotopic (exact) mass is 208 g/mol. The van der Waals surface area contributed by atoms with E-state index < -0.39 is 0 Å². The summed E-state index contributed by atoms with van der Waals surface area (Å²) in [6, 6.07) is 6.99. The van der Waals surface area contributed by atoms with Crippen LogP contribution in [0.15, 0.2) is 24.3 Å². The van der Waals surface area contributed by atoms with Crippen LogP contribution in [0.1, 0.15) is 13.3 Å². The summed E-state index contributed by atoms with van der Waals surface area (Å²) in [7, 11) is 0. The van der Waals surface area contributed by atoms with Gasteiger partial charge in [-0.1, -0.05) is 6.92 Å². The lowest BCUT2D eigenvalue weighted by molar-refractivity contribution is 0.383. The van der Waals surface area contributed by atoms with E-state index in [1.165, 1.54) is 12.1 Å². The molecule has 0 spiro atoms. The maximum absolute atomic E-state index is 12.8. The molecule has 1 aliphatic heterocycles. The largest absolute Gasteiger partial charge is 0.371 e. The number of anilines is 1. The van der Waals surface area contributed by atoms with Crippen LogP contribution in [0.4, 0.5) is 10.1 Å². The molecular weight excluding hydrogens is 191 g/mol. The van der Waals surface area contributed by atoms with E-state index in [9.17, 15) is 4.39 Å². The molecule has 2 rings (SSSR count). The van der Waals surface area contributed by atoms with Crippen molar-refractivity contribution in [1.29, 1.82) is 0 Å². The topological polar surface area (TPSA) is 29.3 Å². The van der Waals surface area contributed by atoms with E-state index in [1.54, 1.807) is 0 Å². The summed E-state index contributed by atoms with van der Waals surface area (Å²) in [6.07, 6.45) is 1.01. The molecule has 15 heavy (non-hydrogen) atoms. The van der Waals surface area contributed by atoms with E-state index in [0.717, 1.165) is 25.2 Å². The van der Waals surface area contributed by atoms with Crippen LogP contribution in [0.5, 0.6) is 0 Å². The third-order valence-corrected chi connectivity index (χ3v) is 3.16. The molecule has 2 nitrogen and oxygen atoms in total. The summed E-state index contributed by atoms with van der Waals surface area (Å²) in [4.78, 5) is 2.27. The molecule has 1 heterocycles. The van der Waals surface area contributed by atoms with E-state index in [0.29, 0.717) is 12.0 Å². The van der Waals surface area contributed by atoms with Crippen LogP contribution in [0, 0.1) is 11.7 Å². The predicted octanol–water partition coefficient (Wildman–Crippen LogP) is 2.00. The second-order valence-corrected chi connectivity index (χ2v) is 4.35. The average molecular weight is 208 g/mol. The van der Waals surface area contributed by atoms with Crippen molar-refractivity contribution in [3.05, 3.63) is 30.1 Å². The number of benzene rings is 1. The van der Waals surface area contributed by atoms with E-state index in [4.69, 9.17) is 5.73 Å². The van der Waals surface area contributed by atoms with Crippen molar-refractivity contribution < 1.29 is 4.39 Å². The van der Waals surface area contributed by atoms with Crippen molar-refractivity contribution in [2.45, 2.75) is 19.4 Å². The third-order valence-electron chi connectivity index (χ3n) is 3.16. The summed E-state index contributed by atoms with van der Waals surface area (Å²) >= 11 is 0. The third kappa shape index (κ3) is 2.29. The van der Waals surface area contributed by atoms with Gasteiger partial charge in [0.2, 0.25) is 0 Å². The van der Waals surface area contributed by atoms with Gasteiger partial charge in [0.1, 0.15) is 5.82 Å². The Morgan fingerprint density at radius 2 is 2.00 bits per heavy atom. The molecule has 0 aromatic heterocycles. The molecule has 82 valence electrons. The van der Waals surface area contributed by atoms with Crippen molar-refractivity contribution in [3.8, 4) is 0 Å². The Bertz CT molecular complexity index is 323. The lowest BCUT2D eigenvalue weighted by Gasteiger charge is -2.36. The van der Waals surface area contributed by atoms with Gasteiger partial charge in [-0.05, 0) is 36.6 Å². The van der Waals surface area contributed by atoms with E-state index in [1.807, 2.05) is 12.1 Å². The highest BCUT2D eigenvalue weighted by Crippen LogP contribution is 2.22. The first-order valence-corrected chi connectivity index (χ1v) is 5.43. The molecule has 0 saturated carbocycles. The minimum atomic E-state index is -0.180. The predicted molar refractivity (Wildman–Crippen MR) is 60.4 cm³/mol. The summed E-state index contributed by atoms with van der Waals surface area (Å²) in [5, 5.41) is 0. The summed E-state index contributed by atoms with van der Waals surface area (Å²) in [5.74, 6) is 0.323. The fourth-order valence-corrected chi connectivity index (χ4v) is 2.05. The maximum atomic E-state index is 12.8. The average Bonchev–Trinajstić information content (AvgIpc) is 2.23. The zero-order valence-electron chi connectivity index (χ0n) is 8.99. The van der Waals surface area contributed by atoms with Gasteiger partial charge in [0.15, 0.2) is 0 Å². The maximum Gasteiger partial charge on any atom is 0.123 e. The Morgan fingerprint density at radius 1 is 1.33 bits per heavy atom. The first-order valence-electron chi connectivity index (χ1n) is 5.43. The van der Waals surface area contributed by atoms with Crippen molar-refractivity contribution in [3.63, 3.8) is 0 Å². The number of hydrogen-bond acceptors (Lipinski definition) is 2. The van der Waals surface area contributed by atoms with Gasteiger partial charge in [-0.15, -0.1) is 0 Å². The second kappa shape index (κ2) is 4.19. The number of rotatable bonds is 1. The van der Waals surface area contributed by atoms with Gasteiger partial charge in [-0.2, -0.15) is 0 Å². The molecule has 2 atom stereocenters. The van der Waals surface area contributed by atoms with E-state index in [2.05, 4.69) is 11.8 Å². The van der Waals surface area contributed by atoms with Gasteiger partial charge >= 0.3 is 0 Å². The zero-order chi connectivity index (χ0) is 10.8. The van der Waals surface area contributed by atoms with Crippen molar-refractivity contribution in [2.24, 2.45) is 11.7 Å². The first-order chi connectivity index (χ1) is 7.16. The smallest absolute Gasteiger partial charge is 0.123 e. The van der Waals surface area contributed by atoms with Crippen LogP contribution in [-0.4, -0.2) is 19.1 Å². The molecule has 1 aromatic rings. The Morgan fingerprint density at radius 3 is 2.60 bits per heavy atom. The van der Waals surface area contributed by atoms with Crippen LogP contribution < -0.4 is 10.6 Å². The normalized spacial score (nSPS) is 26.7. The van der Waals surface area contributed by atoms with Gasteiger partial charge in [-0.3, -0.25) is 0 Å². The summed E-state index contributed by atoms with van der Waals surface area (Å²) in [6.45, 7) is 4.10. The van der Waals surface area contributed by atoms with Gasteiger partial charge in [0, 0.05) is 24.8 Å². The molecule has 1 aromatic carbocycles. The van der Waals surface area contributed by atoms with Crippen LogP contribution in [0.25, 0.3) is 0 Å². The molecule has 2 N–H and O–H groups in total. The van der Waals surface area contributed by atoms with Crippen molar-refractivity contribution >= 4 is 5.69 Å². The SMILES string of the molecule is CC1CN(c2ccc(F)cc2)CCC1N. The van der Waals surface area contributed by atoms with Crippen molar-refractivity contribution in [1.82, 2.24) is 0 Å². The standard InChI is InChI=1S/C12H17FN2/c1-9-8-15(7-6-12(9)14)11-4-2-10(13)3-5-11/h2-5,9,12H,6-8,14H2,1H3. The number of nitrogens with zero attached hydrogens (tertiary/aromatic N) is 1. The molecule has 1 fully saturated rings. The lowest BCUT2D eigenvalue weighted by atomic mass is 9.94. The second-order valence-electron chi connectivity index (χ2n) is 4.35. The Hall–Kier alpha value is -1.09. The molecule has 0 radical (unpaired) electrons. The quantitative estimate of drug-likeness (QED) is 0.765. The summed E-state index contributed by atoms with van der Waals surface area (Å²) in [5.41, 5.74) is 7.05. The minimum absolute atomic E-state index is 0.180. The van der Waals surface area contributed by atoms with E-state index in [-0.39, 0.29) is 5.82 Å². The number of hydrogen-bond donors (Lipinski definition) is 1. The fraction of sp³-hybridized carbons (Fsp3) is 0.500. The molecule has 2 unspecified atom stereocenters. The van der Waals surface area contributed by atoms with Crippen molar-refractivity contribution in [2.75, 3.05) is 18.0 Å². The fourth-order valence-electron chi connectivity index (χ4n) is 2.05. The molecular formula is C12H17FN2. The summed E-state index contributed by atoms with van der Waals surface area (Å²) < 4.78 is 12.8. The Balaban J connectivity index is 2.08. The van der Waals surface area contributed by atoms with Gasteiger partial charge in [0.25, 0.3) is 0 Å². The number of halogens is 1. The van der Waals surface area contributed by atoms with Gasteiger partial charge in [-0.25, -0.2) is 4.39 Å². The first kappa shape index (κ1) is 10.4. The number of nitrogens with two attached hydrogens (primary N) is 1. The molecule has 1 saturated heterocycles.